The van der Waals surface area contributed by atoms with E-state index < -0.39 is 22.8 Å². The molecule has 0 aromatic heterocycles. The molecule has 0 radical (unpaired) electrons. The minimum atomic E-state index is -2.45. The molecule has 3 atom stereocenters. The molecule has 8 nitrogen and oxygen atoms in total. The van der Waals surface area contributed by atoms with Crippen LogP contribution in [0.1, 0.15) is 25.7 Å². The number of carbonyl (C=O) groups is 2. The van der Waals surface area contributed by atoms with Crippen molar-refractivity contribution < 1.29 is 27.8 Å². The van der Waals surface area contributed by atoms with Gasteiger partial charge < -0.3 is 15.0 Å². The number of nitrogens with one attached hydrogen (secondary N) is 1. The molecule has 1 aliphatic carbocycles. The van der Waals surface area contributed by atoms with Crippen molar-refractivity contribution in [3.8, 4) is 0 Å². The fourth-order valence-corrected chi connectivity index (χ4v) is 6.60. The zero-order valence-corrected chi connectivity index (χ0v) is 18.7. The van der Waals surface area contributed by atoms with E-state index in [2.05, 4.69) is 5.32 Å². The Morgan fingerprint density at radius 3 is 2.44 bits per heavy atom. The van der Waals surface area contributed by atoms with Crippen LogP contribution in [0.2, 0.25) is 0 Å². The van der Waals surface area contributed by atoms with E-state index in [9.17, 15) is 18.7 Å². The average Bonchev–Trinajstić information content (AvgIpc) is 3.45. The van der Waals surface area contributed by atoms with Crippen LogP contribution in [0.25, 0.3) is 0 Å². The highest BCUT2D eigenvalue weighted by Gasteiger charge is 2.38. The van der Waals surface area contributed by atoms with Gasteiger partial charge in [0.1, 0.15) is 11.9 Å². The van der Waals surface area contributed by atoms with Crippen LogP contribution in [0.15, 0.2) is 18.2 Å². The first-order valence-electron chi connectivity index (χ1n) is 11.3. The van der Waals surface area contributed by atoms with Crippen molar-refractivity contribution in [3.05, 3.63) is 24.0 Å². The van der Waals surface area contributed by atoms with E-state index in [0.717, 1.165) is 25.7 Å². The van der Waals surface area contributed by atoms with E-state index in [1.807, 2.05) is 4.90 Å². The lowest BCUT2D eigenvalue weighted by Crippen LogP contribution is -2.35. The molecule has 2 unspecified atom stereocenters. The summed E-state index contributed by atoms with van der Waals surface area (Å²) in [6.07, 6.45) is 2.34. The molecule has 0 spiro atoms. The first kappa shape index (κ1) is 21.8. The first-order valence-corrected chi connectivity index (χ1v) is 13.2. The third kappa shape index (κ3) is 4.53. The van der Waals surface area contributed by atoms with Gasteiger partial charge in [-0.05, 0) is 55.7 Å². The molecule has 4 aliphatic rings. The number of hydrogen-bond acceptors (Lipinski definition) is 6. The number of cyclic esters (lactones) is 1. The maximum atomic E-state index is 15.1. The van der Waals surface area contributed by atoms with Crippen molar-refractivity contribution in [1.29, 1.82) is 0 Å². The van der Waals surface area contributed by atoms with Gasteiger partial charge in [0.25, 0.3) is 0 Å². The summed E-state index contributed by atoms with van der Waals surface area (Å²) in [5.41, 5.74) is 0.948. The van der Waals surface area contributed by atoms with E-state index in [0.29, 0.717) is 47.8 Å². The molecule has 3 aliphatic heterocycles. The number of nitrogens with zero attached hydrogens (tertiary/aromatic N) is 2. The number of ether oxygens (including phenoxy) is 1. The van der Waals surface area contributed by atoms with Crippen molar-refractivity contribution in [2.75, 3.05) is 47.5 Å². The summed E-state index contributed by atoms with van der Waals surface area (Å²) < 4.78 is 40.4. The summed E-state index contributed by atoms with van der Waals surface area (Å²) in [6.45, 7) is 1.93. The Morgan fingerprint density at radius 2 is 1.81 bits per heavy atom. The van der Waals surface area contributed by atoms with E-state index in [-0.39, 0.29) is 30.7 Å². The molecule has 2 amide bonds. The minimum absolute atomic E-state index is 0.00172. The van der Waals surface area contributed by atoms with Crippen LogP contribution in [0, 0.1) is 23.6 Å². The Kier molecular flexibility index (Phi) is 5.71. The summed E-state index contributed by atoms with van der Waals surface area (Å²) in [7, 11) is -2.45. The summed E-state index contributed by atoms with van der Waals surface area (Å²) in [6, 6.07) is 4.81. The summed E-state index contributed by atoms with van der Waals surface area (Å²) in [5.74, 6) is 1.25. The SMILES string of the molecule is O=C(NC[C@H]1CN(c2ccc(N3CC4CCS(O)(O)CCC4C3)c(F)c2)C(=O)O1)C1CC1. The topological polar surface area (TPSA) is 102 Å². The van der Waals surface area contributed by atoms with Crippen molar-refractivity contribution in [1.82, 2.24) is 5.32 Å². The number of hydrogen-bond donors (Lipinski definition) is 3. The number of fused-ring (bicyclic) bond motifs is 1. The maximum Gasteiger partial charge on any atom is 0.414 e. The molecule has 32 heavy (non-hydrogen) atoms. The predicted octanol–water partition coefficient (Wildman–Crippen LogP) is 3.27. The van der Waals surface area contributed by atoms with Crippen molar-refractivity contribution in [2.45, 2.75) is 31.8 Å². The van der Waals surface area contributed by atoms with Crippen molar-refractivity contribution in [2.24, 2.45) is 17.8 Å². The largest absolute Gasteiger partial charge is 0.442 e. The number of halogens is 1. The first-order chi connectivity index (χ1) is 15.3. The lowest BCUT2D eigenvalue weighted by atomic mass is 9.92. The lowest BCUT2D eigenvalue weighted by Gasteiger charge is -2.31. The Labute approximate surface area is 188 Å². The highest BCUT2D eigenvalue weighted by Crippen LogP contribution is 2.48. The molecular formula is C22H30FN3O5S. The number of amides is 2. The van der Waals surface area contributed by atoms with E-state index >= 15 is 4.39 Å². The van der Waals surface area contributed by atoms with Gasteiger partial charge in [0.15, 0.2) is 0 Å². The van der Waals surface area contributed by atoms with Crippen molar-refractivity contribution >= 4 is 34.0 Å². The van der Waals surface area contributed by atoms with Gasteiger partial charge in [-0.2, -0.15) is 10.6 Å². The second-order valence-electron chi connectivity index (χ2n) is 9.48. The molecule has 10 heteroatoms. The van der Waals surface area contributed by atoms with Crippen LogP contribution >= 0.6 is 10.6 Å². The van der Waals surface area contributed by atoms with E-state index in [4.69, 9.17) is 4.74 Å². The number of benzene rings is 1. The number of rotatable bonds is 5. The molecule has 1 aromatic rings. The quantitative estimate of drug-likeness (QED) is 0.614. The van der Waals surface area contributed by atoms with Gasteiger partial charge in [0, 0.05) is 30.5 Å². The average molecular weight is 468 g/mol. The molecule has 3 saturated heterocycles. The van der Waals surface area contributed by atoms with Crippen LogP contribution in [0.4, 0.5) is 20.6 Å². The fourth-order valence-electron chi connectivity index (χ4n) is 5.03. The molecule has 4 fully saturated rings. The Morgan fingerprint density at radius 1 is 1.12 bits per heavy atom. The van der Waals surface area contributed by atoms with Crippen LogP contribution in [0.3, 0.4) is 0 Å². The minimum Gasteiger partial charge on any atom is -0.442 e. The molecule has 1 aromatic carbocycles. The van der Waals surface area contributed by atoms with Crippen LogP contribution in [-0.4, -0.2) is 64.9 Å². The molecule has 5 rings (SSSR count). The molecule has 3 heterocycles. The Hall–Kier alpha value is -2.04. The number of carbonyl (C=O) groups excluding carboxylic acids is 2. The smallest absolute Gasteiger partial charge is 0.414 e. The Balaban J connectivity index is 1.21. The van der Waals surface area contributed by atoms with Gasteiger partial charge >= 0.3 is 6.09 Å². The fraction of sp³-hybridized carbons (Fsp3) is 0.636. The van der Waals surface area contributed by atoms with Gasteiger partial charge in [0.2, 0.25) is 5.91 Å². The maximum absolute atomic E-state index is 15.1. The van der Waals surface area contributed by atoms with Crippen molar-refractivity contribution in [3.63, 3.8) is 0 Å². The van der Waals surface area contributed by atoms with Gasteiger partial charge in [0.05, 0.1) is 24.5 Å². The molecule has 0 bridgehead atoms. The second-order valence-corrected chi connectivity index (χ2v) is 11.9. The molecular weight excluding hydrogens is 437 g/mol. The van der Waals surface area contributed by atoms with Gasteiger partial charge in [-0.15, -0.1) is 0 Å². The van der Waals surface area contributed by atoms with Gasteiger partial charge in [-0.25, -0.2) is 9.18 Å². The van der Waals surface area contributed by atoms with Crippen LogP contribution in [0.5, 0.6) is 0 Å². The monoisotopic (exact) mass is 467 g/mol. The van der Waals surface area contributed by atoms with Gasteiger partial charge in [-0.3, -0.25) is 18.8 Å². The summed E-state index contributed by atoms with van der Waals surface area (Å²) >= 11 is 0. The third-order valence-corrected chi connectivity index (χ3v) is 8.90. The molecule has 1 saturated carbocycles. The van der Waals surface area contributed by atoms with Crippen LogP contribution < -0.4 is 15.1 Å². The summed E-state index contributed by atoms with van der Waals surface area (Å²) in [5, 5.41) is 2.82. The Bertz CT molecular complexity index is 894. The third-order valence-electron chi connectivity index (χ3n) is 7.12. The van der Waals surface area contributed by atoms with Crippen LogP contribution in [-0.2, 0) is 9.53 Å². The predicted molar refractivity (Wildman–Crippen MR) is 121 cm³/mol. The highest BCUT2D eigenvalue weighted by atomic mass is 32.3. The lowest BCUT2D eigenvalue weighted by molar-refractivity contribution is -0.122. The zero-order chi connectivity index (χ0) is 22.5. The molecule has 3 N–H and O–H groups in total. The standard InChI is InChI=1S/C22H30FN3O5S/c23-19-9-17(26-13-18(31-22(26)28)10-24-21(27)14-1-2-14)3-4-20(19)25-11-15-5-7-32(29,30)8-6-16(15)12-25/h3-4,9,14-16,18,29-30H,1-2,5-8,10-13H2,(H,24,27)/t15?,16?,18-/m0/s1. The zero-order valence-electron chi connectivity index (χ0n) is 17.9. The normalized spacial score (nSPS) is 30.5. The van der Waals surface area contributed by atoms with Gasteiger partial charge in [-0.1, -0.05) is 0 Å². The van der Waals surface area contributed by atoms with E-state index in [1.54, 1.807) is 12.1 Å². The van der Waals surface area contributed by atoms with E-state index in [1.165, 1.54) is 11.0 Å². The number of anilines is 2. The highest BCUT2D eigenvalue weighted by molar-refractivity contribution is 8.24. The molecule has 176 valence electrons. The summed E-state index contributed by atoms with van der Waals surface area (Å²) in [4.78, 5) is 27.5. The second kappa shape index (κ2) is 8.39.